The van der Waals surface area contributed by atoms with E-state index in [2.05, 4.69) is 5.32 Å². The number of aromatic nitrogens is 2. The summed E-state index contributed by atoms with van der Waals surface area (Å²) in [4.78, 5) is 13.1. The van der Waals surface area contributed by atoms with Crippen molar-refractivity contribution in [3.63, 3.8) is 0 Å². The van der Waals surface area contributed by atoms with Gasteiger partial charge in [-0.25, -0.2) is 13.1 Å². The topological polar surface area (TPSA) is 117 Å². The van der Waals surface area contributed by atoms with Crippen LogP contribution in [0, 0.1) is 11.3 Å². The Morgan fingerprint density at radius 1 is 1.07 bits per heavy atom. The van der Waals surface area contributed by atoms with Crippen LogP contribution in [-0.4, -0.2) is 60.8 Å². The van der Waals surface area contributed by atoms with Gasteiger partial charge in [0.15, 0.2) is 0 Å². The standard InChI is InChI=1S/C30H33N5O4S/c31-20-24(30(36)32-21-27-13-9-17-39-27)18-25-22-35(26-11-4-3-5-12-26)33-29(25)23-10-8-14-28(19-23)40(37,38)34-15-6-1-2-7-16-34/h3-5,8,10-12,14,18-19,22,27H,1-2,6-7,9,13,15-17,21H2,(H,32,36). The van der Waals surface area contributed by atoms with Crippen LogP contribution in [0.4, 0.5) is 0 Å². The highest BCUT2D eigenvalue weighted by atomic mass is 32.2. The Morgan fingerprint density at radius 3 is 2.55 bits per heavy atom. The van der Waals surface area contributed by atoms with Gasteiger partial charge in [0.25, 0.3) is 5.91 Å². The molecule has 3 aromatic rings. The van der Waals surface area contributed by atoms with E-state index in [1.54, 1.807) is 39.4 Å². The molecule has 10 heteroatoms. The number of nitrogens with zero attached hydrogens (tertiary/aromatic N) is 4. The molecular formula is C30H33N5O4S. The third-order valence-electron chi connectivity index (χ3n) is 7.25. The molecule has 1 unspecified atom stereocenters. The van der Waals surface area contributed by atoms with E-state index in [9.17, 15) is 18.5 Å². The largest absolute Gasteiger partial charge is 0.376 e. The van der Waals surface area contributed by atoms with Crippen LogP contribution in [0.25, 0.3) is 23.0 Å². The summed E-state index contributed by atoms with van der Waals surface area (Å²) < 4.78 is 35.8. The van der Waals surface area contributed by atoms with Gasteiger partial charge in [0.05, 0.1) is 16.7 Å². The second-order valence-corrected chi connectivity index (χ2v) is 12.0. The zero-order chi connectivity index (χ0) is 28.0. The smallest absolute Gasteiger partial charge is 0.262 e. The van der Waals surface area contributed by atoms with Gasteiger partial charge in [0.2, 0.25) is 10.0 Å². The number of hydrogen-bond acceptors (Lipinski definition) is 6. The second-order valence-electron chi connectivity index (χ2n) is 10.1. The number of sulfonamides is 1. The van der Waals surface area contributed by atoms with Crippen LogP contribution in [-0.2, 0) is 19.6 Å². The minimum Gasteiger partial charge on any atom is -0.376 e. The summed E-state index contributed by atoms with van der Waals surface area (Å²) in [5, 5.41) is 17.4. The molecule has 9 nitrogen and oxygen atoms in total. The first-order chi connectivity index (χ1) is 19.5. The Morgan fingerprint density at radius 2 is 1.85 bits per heavy atom. The average molecular weight is 560 g/mol. The second kappa shape index (κ2) is 12.6. The summed E-state index contributed by atoms with van der Waals surface area (Å²) in [6.07, 6.45) is 8.78. The van der Waals surface area contributed by atoms with E-state index in [1.165, 1.54) is 6.08 Å². The highest BCUT2D eigenvalue weighted by molar-refractivity contribution is 7.89. The Labute approximate surface area is 235 Å². The molecule has 0 bridgehead atoms. The molecule has 0 saturated carbocycles. The molecule has 1 amide bonds. The number of benzene rings is 2. The van der Waals surface area contributed by atoms with Crippen LogP contribution >= 0.6 is 0 Å². The minimum atomic E-state index is -3.68. The van der Waals surface area contributed by atoms with E-state index in [0.29, 0.717) is 43.1 Å². The molecule has 2 aromatic carbocycles. The third kappa shape index (κ3) is 6.33. The zero-order valence-corrected chi connectivity index (χ0v) is 23.1. The third-order valence-corrected chi connectivity index (χ3v) is 9.15. The van der Waals surface area contributed by atoms with Crippen molar-refractivity contribution in [3.05, 3.63) is 71.9 Å². The Bertz CT molecular complexity index is 1510. The predicted molar refractivity (Wildman–Crippen MR) is 152 cm³/mol. The fraction of sp³-hybridized carbons (Fsp3) is 0.367. The molecule has 0 spiro atoms. The maximum absolute atomic E-state index is 13.5. The van der Waals surface area contributed by atoms with E-state index in [-0.39, 0.29) is 16.6 Å². The predicted octanol–water partition coefficient (Wildman–Crippen LogP) is 4.31. The molecule has 0 aliphatic carbocycles. The first kappa shape index (κ1) is 27.8. The van der Waals surface area contributed by atoms with Gasteiger partial charge in [0.1, 0.15) is 17.3 Å². The maximum Gasteiger partial charge on any atom is 0.262 e. The van der Waals surface area contributed by atoms with E-state index in [4.69, 9.17) is 9.84 Å². The van der Waals surface area contributed by atoms with Crippen molar-refractivity contribution in [3.8, 4) is 23.0 Å². The summed E-state index contributed by atoms with van der Waals surface area (Å²) in [6, 6.07) is 18.2. The van der Waals surface area contributed by atoms with Gasteiger partial charge in [-0.05, 0) is 56.0 Å². The number of para-hydroxylation sites is 1. The molecule has 3 heterocycles. The van der Waals surface area contributed by atoms with Gasteiger partial charge in [-0.15, -0.1) is 0 Å². The Kier molecular flexibility index (Phi) is 8.75. The van der Waals surface area contributed by atoms with E-state index in [0.717, 1.165) is 44.2 Å². The number of hydrogen-bond donors (Lipinski definition) is 1. The summed E-state index contributed by atoms with van der Waals surface area (Å²) >= 11 is 0. The van der Waals surface area contributed by atoms with Crippen LogP contribution < -0.4 is 5.32 Å². The summed E-state index contributed by atoms with van der Waals surface area (Å²) in [5.41, 5.74) is 2.29. The van der Waals surface area contributed by atoms with Crippen molar-refractivity contribution in [2.45, 2.75) is 49.5 Å². The van der Waals surface area contributed by atoms with Crippen molar-refractivity contribution < 1.29 is 17.9 Å². The SMILES string of the molecule is N#CC(=Cc1cn(-c2ccccc2)nc1-c1cccc(S(=O)(=O)N2CCCCCC2)c1)C(=O)NCC1CCCO1. The quantitative estimate of drug-likeness (QED) is 0.325. The van der Waals surface area contributed by atoms with Crippen LogP contribution in [0.5, 0.6) is 0 Å². The lowest BCUT2D eigenvalue weighted by atomic mass is 10.1. The molecule has 1 aromatic heterocycles. The number of carbonyl (C=O) groups excluding carboxylic acids is 1. The van der Waals surface area contributed by atoms with Crippen molar-refractivity contribution in [1.29, 1.82) is 5.26 Å². The van der Waals surface area contributed by atoms with Crippen molar-refractivity contribution in [2.75, 3.05) is 26.2 Å². The molecule has 1 atom stereocenters. The molecule has 1 N–H and O–H groups in total. The number of nitrogens with one attached hydrogen (secondary N) is 1. The number of nitriles is 1. The van der Waals surface area contributed by atoms with Crippen LogP contribution in [0.3, 0.4) is 0 Å². The van der Waals surface area contributed by atoms with Crippen LogP contribution in [0.1, 0.15) is 44.1 Å². The van der Waals surface area contributed by atoms with Crippen molar-refractivity contribution >= 4 is 22.0 Å². The highest BCUT2D eigenvalue weighted by Crippen LogP contribution is 2.29. The molecular weight excluding hydrogens is 526 g/mol. The molecule has 2 fully saturated rings. The molecule has 5 rings (SSSR count). The summed E-state index contributed by atoms with van der Waals surface area (Å²) in [5.74, 6) is -0.492. The van der Waals surface area contributed by atoms with E-state index < -0.39 is 15.9 Å². The normalized spacial score (nSPS) is 18.7. The number of carbonyl (C=O) groups is 1. The Hall–Kier alpha value is -3.78. The lowest BCUT2D eigenvalue weighted by Crippen LogP contribution is -2.32. The first-order valence-electron chi connectivity index (χ1n) is 13.7. The number of amides is 1. The molecule has 2 saturated heterocycles. The monoisotopic (exact) mass is 559 g/mol. The number of rotatable bonds is 8. The fourth-order valence-electron chi connectivity index (χ4n) is 5.08. The molecule has 2 aliphatic heterocycles. The van der Waals surface area contributed by atoms with E-state index in [1.807, 2.05) is 36.4 Å². The summed E-state index contributed by atoms with van der Waals surface area (Å²) in [7, 11) is -3.68. The molecule has 2 aliphatic rings. The summed E-state index contributed by atoms with van der Waals surface area (Å²) in [6.45, 7) is 2.03. The van der Waals surface area contributed by atoms with Gasteiger partial charge in [-0.2, -0.15) is 14.7 Å². The van der Waals surface area contributed by atoms with Gasteiger partial charge in [0, 0.05) is 43.6 Å². The Balaban J connectivity index is 1.51. The van der Waals surface area contributed by atoms with Crippen molar-refractivity contribution in [1.82, 2.24) is 19.4 Å². The number of ether oxygens (including phenoxy) is 1. The molecule has 0 radical (unpaired) electrons. The van der Waals surface area contributed by atoms with Crippen LogP contribution in [0.2, 0.25) is 0 Å². The fourth-order valence-corrected chi connectivity index (χ4v) is 6.64. The minimum absolute atomic E-state index is 0.0471. The molecule has 40 heavy (non-hydrogen) atoms. The lowest BCUT2D eigenvalue weighted by molar-refractivity contribution is -0.117. The lowest BCUT2D eigenvalue weighted by Gasteiger charge is -2.20. The van der Waals surface area contributed by atoms with Crippen LogP contribution in [0.15, 0.2) is 71.3 Å². The van der Waals surface area contributed by atoms with Gasteiger partial charge in [-0.1, -0.05) is 43.2 Å². The average Bonchev–Trinajstić information content (AvgIpc) is 3.57. The van der Waals surface area contributed by atoms with E-state index >= 15 is 0 Å². The van der Waals surface area contributed by atoms with Gasteiger partial charge >= 0.3 is 0 Å². The van der Waals surface area contributed by atoms with Crippen molar-refractivity contribution in [2.24, 2.45) is 0 Å². The highest BCUT2D eigenvalue weighted by Gasteiger charge is 2.26. The molecule has 208 valence electrons. The zero-order valence-electron chi connectivity index (χ0n) is 22.3. The van der Waals surface area contributed by atoms with Gasteiger partial charge in [-0.3, -0.25) is 4.79 Å². The van der Waals surface area contributed by atoms with Gasteiger partial charge < -0.3 is 10.1 Å². The maximum atomic E-state index is 13.5. The first-order valence-corrected chi connectivity index (χ1v) is 15.2.